The van der Waals surface area contributed by atoms with E-state index in [-0.39, 0.29) is 12.6 Å². The first-order chi connectivity index (χ1) is 10.1. The van der Waals surface area contributed by atoms with Crippen molar-refractivity contribution in [3.8, 4) is 0 Å². The van der Waals surface area contributed by atoms with Crippen LogP contribution in [0, 0.1) is 6.92 Å². The molecule has 0 saturated carbocycles. The minimum atomic E-state index is -0.905. The molecular weight excluding hydrogens is 296 g/mol. The van der Waals surface area contributed by atoms with E-state index < -0.39 is 5.60 Å². The molecule has 5 heteroatoms. The van der Waals surface area contributed by atoms with Gasteiger partial charge < -0.3 is 15.3 Å². The third kappa shape index (κ3) is 6.28. The number of carbonyl (C=O) groups is 1. The summed E-state index contributed by atoms with van der Waals surface area (Å²) in [6.07, 6.45) is 1.13. The lowest BCUT2D eigenvalue weighted by Gasteiger charge is -2.26. The van der Waals surface area contributed by atoms with Crippen LogP contribution in [0.3, 0.4) is 0 Å². The summed E-state index contributed by atoms with van der Waals surface area (Å²) in [6, 6.07) is 5.86. The van der Waals surface area contributed by atoms with Gasteiger partial charge in [0.05, 0.1) is 12.1 Å². The number of nitrogens with one attached hydrogen (secondary N) is 1. The number of urea groups is 1. The number of likely N-dealkylation sites (N-methyl/N-ethyl adjacent to an activating group) is 1. The first-order valence-electron chi connectivity index (χ1n) is 7.64. The summed E-state index contributed by atoms with van der Waals surface area (Å²) in [6.45, 7) is 10.0. The molecule has 4 nitrogen and oxygen atoms in total. The van der Waals surface area contributed by atoms with E-state index in [1.54, 1.807) is 20.9 Å². The van der Waals surface area contributed by atoms with Crippen molar-refractivity contribution in [1.29, 1.82) is 0 Å². The van der Waals surface area contributed by atoms with Crippen LogP contribution in [0.25, 0.3) is 0 Å². The van der Waals surface area contributed by atoms with Crippen molar-refractivity contribution in [2.75, 3.05) is 18.9 Å². The fraction of sp³-hybridized carbons (Fsp3) is 0.588. The summed E-state index contributed by atoms with van der Waals surface area (Å²) in [4.78, 5) is 14.9. The van der Waals surface area contributed by atoms with Gasteiger partial charge in [0.15, 0.2) is 0 Å². The molecule has 2 N–H and O–H groups in total. The summed E-state index contributed by atoms with van der Waals surface area (Å²) >= 11 is 1.84. The van der Waals surface area contributed by atoms with Crippen LogP contribution in [0.15, 0.2) is 23.1 Å². The van der Waals surface area contributed by atoms with E-state index in [9.17, 15) is 9.90 Å². The largest absolute Gasteiger partial charge is 0.389 e. The highest BCUT2D eigenvalue weighted by Crippen LogP contribution is 2.28. The van der Waals surface area contributed by atoms with Crippen molar-refractivity contribution in [3.63, 3.8) is 0 Å². The maximum Gasteiger partial charge on any atom is 0.321 e. The molecule has 0 aromatic heterocycles. The van der Waals surface area contributed by atoms with Gasteiger partial charge in [0.25, 0.3) is 0 Å². The van der Waals surface area contributed by atoms with Crippen LogP contribution in [0.4, 0.5) is 10.5 Å². The van der Waals surface area contributed by atoms with Gasteiger partial charge in [-0.15, -0.1) is 11.8 Å². The van der Waals surface area contributed by atoms with Crippen molar-refractivity contribution in [3.05, 3.63) is 23.8 Å². The Labute approximate surface area is 138 Å². The SMILES string of the molecule is CCC(C)Sc1ccc(NC(=O)N(C)CC(C)(C)O)c(C)c1. The minimum absolute atomic E-state index is 0.215. The van der Waals surface area contributed by atoms with Gasteiger partial charge in [0.2, 0.25) is 0 Å². The van der Waals surface area contributed by atoms with E-state index >= 15 is 0 Å². The molecule has 22 heavy (non-hydrogen) atoms. The molecule has 1 aromatic carbocycles. The van der Waals surface area contributed by atoms with Crippen molar-refractivity contribution in [2.24, 2.45) is 0 Å². The maximum absolute atomic E-state index is 12.1. The molecule has 1 rings (SSSR count). The lowest BCUT2D eigenvalue weighted by Crippen LogP contribution is -2.41. The smallest absolute Gasteiger partial charge is 0.321 e. The zero-order valence-corrected chi connectivity index (χ0v) is 15.3. The van der Waals surface area contributed by atoms with Crippen molar-refractivity contribution < 1.29 is 9.90 Å². The lowest BCUT2D eigenvalue weighted by atomic mass is 10.1. The van der Waals surface area contributed by atoms with Gasteiger partial charge in [-0.25, -0.2) is 4.79 Å². The molecule has 0 spiro atoms. The average Bonchev–Trinajstić information content (AvgIpc) is 2.39. The minimum Gasteiger partial charge on any atom is -0.389 e. The molecule has 0 bridgehead atoms. The molecule has 0 fully saturated rings. The first-order valence-corrected chi connectivity index (χ1v) is 8.52. The molecule has 0 heterocycles. The molecule has 0 aliphatic carbocycles. The number of thioether (sulfide) groups is 1. The summed E-state index contributed by atoms with van der Waals surface area (Å²) in [5.41, 5.74) is 0.942. The maximum atomic E-state index is 12.1. The van der Waals surface area contributed by atoms with E-state index in [2.05, 4.69) is 25.2 Å². The molecule has 1 unspecified atom stereocenters. The molecule has 0 saturated heterocycles. The van der Waals surface area contributed by atoms with Crippen LogP contribution in [-0.4, -0.2) is 40.5 Å². The molecule has 2 amide bonds. The number of amides is 2. The van der Waals surface area contributed by atoms with Gasteiger partial charge in [-0.3, -0.25) is 0 Å². The van der Waals surface area contributed by atoms with Gasteiger partial charge in [0.1, 0.15) is 0 Å². The Bertz CT molecular complexity index is 512. The summed E-state index contributed by atoms with van der Waals surface area (Å²) in [5, 5.41) is 13.3. The van der Waals surface area contributed by atoms with Gasteiger partial charge in [-0.1, -0.05) is 13.8 Å². The fourth-order valence-electron chi connectivity index (χ4n) is 2.03. The molecule has 0 radical (unpaired) electrons. The quantitative estimate of drug-likeness (QED) is 0.774. The monoisotopic (exact) mass is 324 g/mol. The second kappa shape index (κ2) is 7.88. The van der Waals surface area contributed by atoms with Crippen LogP contribution in [0.5, 0.6) is 0 Å². The number of nitrogens with zero attached hydrogens (tertiary/aromatic N) is 1. The highest BCUT2D eigenvalue weighted by Gasteiger charge is 2.19. The molecule has 1 aromatic rings. The number of rotatable bonds is 6. The highest BCUT2D eigenvalue weighted by atomic mass is 32.2. The van der Waals surface area contributed by atoms with Crippen LogP contribution < -0.4 is 5.32 Å². The van der Waals surface area contributed by atoms with E-state index in [0.717, 1.165) is 17.7 Å². The van der Waals surface area contributed by atoms with E-state index in [1.165, 1.54) is 9.80 Å². The third-order valence-electron chi connectivity index (χ3n) is 3.32. The Morgan fingerprint density at radius 1 is 1.45 bits per heavy atom. The first kappa shape index (κ1) is 18.8. The summed E-state index contributed by atoms with van der Waals surface area (Å²) in [7, 11) is 1.68. The standard InChI is InChI=1S/C17H28N2O2S/c1-7-13(3)22-14-8-9-15(12(2)10-14)18-16(20)19(6)11-17(4,5)21/h8-10,13,21H,7,11H2,1-6H3,(H,18,20). The zero-order chi connectivity index (χ0) is 16.9. The van der Waals surface area contributed by atoms with Crippen LogP contribution in [0.1, 0.15) is 39.7 Å². The molecular formula is C17H28N2O2S. The van der Waals surface area contributed by atoms with Crippen molar-refractivity contribution in [1.82, 2.24) is 4.90 Å². The number of carbonyl (C=O) groups excluding carboxylic acids is 1. The van der Waals surface area contributed by atoms with Gasteiger partial charge in [0, 0.05) is 22.9 Å². The Morgan fingerprint density at radius 3 is 2.59 bits per heavy atom. The van der Waals surface area contributed by atoms with Crippen molar-refractivity contribution >= 4 is 23.5 Å². The Morgan fingerprint density at radius 2 is 2.09 bits per heavy atom. The van der Waals surface area contributed by atoms with Gasteiger partial charge >= 0.3 is 6.03 Å². The second-order valence-corrected chi connectivity index (χ2v) is 7.92. The topological polar surface area (TPSA) is 52.6 Å². The summed E-state index contributed by atoms with van der Waals surface area (Å²) < 4.78 is 0. The molecule has 1 atom stereocenters. The fourth-order valence-corrected chi connectivity index (χ4v) is 3.05. The molecule has 124 valence electrons. The van der Waals surface area contributed by atoms with Crippen LogP contribution in [-0.2, 0) is 0 Å². The van der Waals surface area contributed by atoms with Crippen LogP contribution >= 0.6 is 11.8 Å². The number of aryl methyl sites for hydroxylation is 1. The predicted molar refractivity (Wildman–Crippen MR) is 94.7 cm³/mol. The Balaban J connectivity index is 2.72. The number of hydrogen-bond donors (Lipinski definition) is 2. The third-order valence-corrected chi connectivity index (χ3v) is 4.58. The second-order valence-electron chi connectivity index (χ2n) is 6.41. The molecule has 0 aliphatic heterocycles. The van der Waals surface area contributed by atoms with E-state index in [1.807, 2.05) is 30.8 Å². The van der Waals surface area contributed by atoms with Crippen LogP contribution in [0.2, 0.25) is 0 Å². The molecule has 0 aliphatic rings. The zero-order valence-electron chi connectivity index (χ0n) is 14.4. The number of benzene rings is 1. The van der Waals surface area contributed by atoms with Crippen molar-refractivity contribution in [2.45, 2.75) is 56.8 Å². The Hall–Kier alpha value is -1.20. The predicted octanol–water partition coefficient (Wildman–Crippen LogP) is 4.12. The normalized spacial score (nSPS) is 12.9. The lowest BCUT2D eigenvalue weighted by molar-refractivity contribution is 0.0550. The summed E-state index contributed by atoms with van der Waals surface area (Å²) in [5.74, 6) is 0. The number of anilines is 1. The van der Waals surface area contributed by atoms with Gasteiger partial charge in [-0.05, 0) is 51.0 Å². The average molecular weight is 324 g/mol. The van der Waals surface area contributed by atoms with E-state index in [4.69, 9.17) is 0 Å². The highest BCUT2D eigenvalue weighted by molar-refractivity contribution is 7.99. The van der Waals surface area contributed by atoms with E-state index in [0.29, 0.717) is 5.25 Å². The number of aliphatic hydroxyl groups is 1. The number of hydrogen-bond acceptors (Lipinski definition) is 3. The Kier molecular flexibility index (Phi) is 6.75. The van der Waals surface area contributed by atoms with Gasteiger partial charge in [-0.2, -0.15) is 0 Å².